The molecule has 4 N–H and O–H groups in total. The zero-order valence-electron chi connectivity index (χ0n) is 38.5. The second kappa shape index (κ2) is 25.0. The van der Waals surface area contributed by atoms with Crippen molar-refractivity contribution in [2.75, 3.05) is 32.7 Å². The normalized spacial score (nSPS) is 28.2. The summed E-state index contributed by atoms with van der Waals surface area (Å²) in [7, 11) is 0. The van der Waals surface area contributed by atoms with Crippen LogP contribution in [0, 0.1) is 46.3 Å². The monoisotopic (exact) mass is 811 g/mol. The Hall–Kier alpha value is -2.09. The molecule has 0 aromatic heterocycles. The lowest BCUT2D eigenvalue weighted by Gasteiger charge is -2.58. The van der Waals surface area contributed by atoms with Gasteiger partial charge in [0, 0.05) is 32.5 Å². The molecule has 58 heavy (non-hydrogen) atoms. The van der Waals surface area contributed by atoms with E-state index in [4.69, 9.17) is 10.5 Å². The van der Waals surface area contributed by atoms with E-state index in [1.165, 1.54) is 108 Å². The average Bonchev–Trinajstić information content (AvgIpc) is 3.55. The summed E-state index contributed by atoms with van der Waals surface area (Å²) in [4.78, 5) is 40.8. The van der Waals surface area contributed by atoms with E-state index in [0.717, 1.165) is 80.5 Å². The Labute approximate surface area is 356 Å². The van der Waals surface area contributed by atoms with Gasteiger partial charge < -0.3 is 21.1 Å². The van der Waals surface area contributed by atoms with Crippen LogP contribution in [0.15, 0.2) is 11.6 Å². The number of allylic oxidation sites excluding steroid dienone is 1. The van der Waals surface area contributed by atoms with E-state index >= 15 is 0 Å². The molecule has 3 amide bonds. The molecule has 4 aliphatic rings. The molecule has 8 nitrogen and oxygen atoms in total. The second-order valence-corrected chi connectivity index (χ2v) is 20.4. The van der Waals surface area contributed by atoms with E-state index in [1.54, 1.807) is 4.90 Å². The Morgan fingerprint density at radius 2 is 1.48 bits per heavy atom. The van der Waals surface area contributed by atoms with Crippen molar-refractivity contribution in [2.24, 2.45) is 52.1 Å². The van der Waals surface area contributed by atoms with Crippen LogP contribution in [0.2, 0.25) is 0 Å². The Kier molecular flexibility index (Phi) is 20.9. The molecule has 0 aromatic carbocycles. The molecule has 4 aliphatic carbocycles. The number of carbonyl (C=O) groups excluding carboxylic acids is 3. The Morgan fingerprint density at radius 1 is 0.793 bits per heavy atom. The molecular formula is C50H90N4O4. The molecule has 0 bridgehead atoms. The van der Waals surface area contributed by atoms with Crippen molar-refractivity contribution < 1.29 is 19.1 Å². The Balaban J connectivity index is 1.25. The van der Waals surface area contributed by atoms with Crippen molar-refractivity contribution in [2.45, 2.75) is 208 Å². The first kappa shape index (κ1) is 48.6. The highest BCUT2D eigenvalue weighted by molar-refractivity contribution is 5.82. The number of nitrogens with one attached hydrogen (secondary N) is 2. The van der Waals surface area contributed by atoms with Gasteiger partial charge >= 0.3 is 6.09 Å². The molecule has 0 aromatic rings. The maximum Gasteiger partial charge on any atom is 0.410 e. The van der Waals surface area contributed by atoms with Crippen LogP contribution < -0.4 is 16.4 Å². The van der Waals surface area contributed by atoms with Gasteiger partial charge in [0.2, 0.25) is 11.8 Å². The molecular weight excluding hydrogens is 721 g/mol. The first-order valence-electron chi connectivity index (χ1n) is 24.8. The zero-order valence-corrected chi connectivity index (χ0v) is 38.5. The minimum atomic E-state index is -0.412. The van der Waals surface area contributed by atoms with Gasteiger partial charge in [0.1, 0.15) is 12.6 Å². The standard InChI is InChI=1S/C50H90N4O4/c1-7-8-9-10-11-12-13-14-15-16-23-46(55)52-34-20-35-54(37-47(56)53-33-18-17-32-51)48(57)58-41-28-30-49(5)40(36-41)24-25-42-44-27-26-43(39(4)22-19-21-38(2)3)50(44,6)31-29-45(42)49/h24,38-39,41-45H,7-23,25-37,51H2,1-6H3,(H,52,55)(H,53,56)/t39-,41+,42+,43-,44+,45+,49+,50-/m1/s1. The van der Waals surface area contributed by atoms with E-state index in [2.05, 4.69) is 58.3 Å². The average molecular weight is 811 g/mol. The number of carbonyl (C=O) groups is 3. The SMILES string of the molecule is CCCCCCCCCCCCC(=O)NCCCN(CC(=O)NCCCCN)C(=O)O[C@H]1CC[C@@]2(C)C(=CC[C@H]3[C@@H]4CC[C@H]([C@H](C)CCCC(C)C)[C@@]4(C)CC[C@@H]32)C1. The summed E-state index contributed by atoms with van der Waals surface area (Å²) in [6.07, 6.45) is 30.7. The fraction of sp³-hybridized carbons (Fsp3) is 0.900. The molecule has 8 atom stereocenters. The number of amides is 3. The smallest absolute Gasteiger partial charge is 0.410 e. The fourth-order valence-corrected chi connectivity index (χ4v) is 12.3. The number of hydrogen-bond acceptors (Lipinski definition) is 5. The second-order valence-electron chi connectivity index (χ2n) is 20.4. The fourth-order valence-electron chi connectivity index (χ4n) is 12.3. The van der Waals surface area contributed by atoms with Crippen LogP contribution in [0.3, 0.4) is 0 Å². The molecule has 0 unspecified atom stereocenters. The summed E-state index contributed by atoms with van der Waals surface area (Å²) in [5, 5.41) is 6.00. The van der Waals surface area contributed by atoms with Crippen molar-refractivity contribution in [3.63, 3.8) is 0 Å². The number of nitrogens with zero attached hydrogens (tertiary/aromatic N) is 1. The summed E-state index contributed by atoms with van der Waals surface area (Å²) in [5.41, 5.74) is 7.80. The summed E-state index contributed by atoms with van der Waals surface area (Å²) < 4.78 is 6.26. The predicted molar refractivity (Wildman–Crippen MR) is 240 cm³/mol. The maximum atomic E-state index is 13.8. The Bertz CT molecular complexity index is 1270. The number of fused-ring (bicyclic) bond motifs is 5. The van der Waals surface area contributed by atoms with Crippen LogP contribution >= 0.6 is 0 Å². The van der Waals surface area contributed by atoms with Crippen LogP contribution in [-0.2, 0) is 14.3 Å². The van der Waals surface area contributed by atoms with Crippen LogP contribution in [-0.4, -0.2) is 61.6 Å². The van der Waals surface area contributed by atoms with Crippen molar-refractivity contribution in [3.8, 4) is 0 Å². The minimum Gasteiger partial charge on any atom is -0.446 e. The van der Waals surface area contributed by atoms with E-state index in [0.29, 0.717) is 44.4 Å². The largest absolute Gasteiger partial charge is 0.446 e. The quantitative estimate of drug-likeness (QED) is 0.0565. The lowest BCUT2D eigenvalue weighted by Crippen LogP contribution is -2.51. The molecule has 0 spiro atoms. The molecule has 8 heteroatoms. The molecule has 3 fully saturated rings. The van der Waals surface area contributed by atoms with E-state index < -0.39 is 6.09 Å². The number of rotatable bonds is 27. The molecule has 4 rings (SSSR count). The summed E-state index contributed by atoms with van der Waals surface area (Å²) in [6.45, 7) is 16.7. The maximum absolute atomic E-state index is 13.8. The minimum absolute atomic E-state index is 0.0393. The molecule has 334 valence electrons. The highest BCUT2D eigenvalue weighted by Crippen LogP contribution is 2.67. The third-order valence-corrected chi connectivity index (χ3v) is 15.8. The van der Waals surface area contributed by atoms with Gasteiger partial charge in [-0.3, -0.25) is 14.5 Å². The van der Waals surface area contributed by atoms with Gasteiger partial charge in [-0.05, 0) is 124 Å². The Morgan fingerprint density at radius 3 is 2.19 bits per heavy atom. The van der Waals surface area contributed by atoms with Crippen molar-refractivity contribution in [1.82, 2.24) is 15.5 Å². The number of nitrogens with two attached hydrogens (primary N) is 1. The number of unbranched alkanes of at least 4 members (excludes halogenated alkanes) is 10. The van der Waals surface area contributed by atoms with E-state index in [1.807, 2.05) is 0 Å². The highest BCUT2D eigenvalue weighted by atomic mass is 16.6. The van der Waals surface area contributed by atoms with E-state index in [9.17, 15) is 14.4 Å². The van der Waals surface area contributed by atoms with Gasteiger partial charge in [-0.2, -0.15) is 0 Å². The van der Waals surface area contributed by atoms with Crippen LogP contribution in [0.25, 0.3) is 0 Å². The van der Waals surface area contributed by atoms with E-state index in [-0.39, 0.29) is 29.9 Å². The summed E-state index contributed by atoms with van der Waals surface area (Å²) >= 11 is 0. The van der Waals surface area contributed by atoms with Crippen LogP contribution in [0.5, 0.6) is 0 Å². The lowest BCUT2D eigenvalue weighted by atomic mass is 9.47. The van der Waals surface area contributed by atoms with Crippen molar-refractivity contribution in [3.05, 3.63) is 11.6 Å². The summed E-state index contributed by atoms with van der Waals surface area (Å²) in [6, 6.07) is 0. The van der Waals surface area contributed by atoms with Crippen LogP contribution in [0.4, 0.5) is 4.79 Å². The van der Waals surface area contributed by atoms with Crippen molar-refractivity contribution >= 4 is 17.9 Å². The van der Waals surface area contributed by atoms with Gasteiger partial charge in [0.15, 0.2) is 0 Å². The lowest BCUT2D eigenvalue weighted by molar-refractivity contribution is -0.123. The topological polar surface area (TPSA) is 114 Å². The first-order chi connectivity index (χ1) is 27.9. The highest BCUT2D eigenvalue weighted by Gasteiger charge is 2.59. The van der Waals surface area contributed by atoms with Gasteiger partial charge in [-0.25, -0.2) is 4.79 Å². The predicted octanol–water partition coefficient (Wildman–Crippen LogP) is 11.5. The molecule has 0 saturated heterocycles. The first-order valence-corrected chi connectivity index (χ1v) is 24.8. The van der Waals surface area contributed by atoms with Gasteiger partial charge in [0.25, 0.3) is 0 Å². The molecule has 0 radical (unpaired) electrons. The third-order valence-electron chi connectivity index (χ3n) is 15.8. The molecule has 3 saturated carbocycles. The third kappa shape index (κ3) is 14.3. The molecule has 0 heterocycles. The molecule has 0 aliphatic heterocycles. The van der Waals surface area contributed by atoms with Gasteiger partial charge in [-0.1, -0.05) is 130 Å². The zero-order chi connectivity index (χ0) is 42.0. The van der Waals surface area contributed by atoms with Crippen molar-refractivity contribution in [1.29, 1.82) is 0 Å². The number of hydrogen-bond donors (Lipinski definition) is 3. The van der Waals surface area contributed by atoms with Gasteiger partial charge in [0.05, 0.1) is 0 Å². The van der Waals surface area contributed by atoms with Crippen LogP contribution in [0.1, 0.15) is 202 Å². The van der Waals surface area contributed by atoms with Gasteiger partial charge in [-0.15, -0.1) is 0 Å². The summed E-state index contributed by atoms with van der Waals surface area (Å²) in [5.74, 6) is 4.69. The number of ether oxygens (including phenoxy) is 1.